The average Bonchev–Trinajstić information content (AvgIpc) is 3.19. The van der Waals surface area contributed by atoms with Crippen LogP contribution in [0.25, 0.3) is 0 Å². The Morgan fingerprint density at radius 2 is 0.800 bits per heavy atom. The Hall–Kier alpha value is -2.95. The maximum atomic E-state index is 12.3. The third-order valence-corrected chi connectivity index (χ3v) is 9.51. The molecule has 0 bridgehead atoms. The van der Waals surface area contributed by atoms with E-state index in [0.29, 0.717) is 6.42 Å². The topological polar surface area (TPSA) is 69.6 Å². The van der Waals surface area contributed by atoms with Crippen LogP contribution in [0.2, 0.25) is 0 Å². The van der Waals surface area contributed by atoms with E-state index in [0.717, 1.165) is 77.0 Å². The third-order valence-electron chi connectivity index (χ3n) is 9.51. The number of aliphatic hydroxyl groups excluding tert-OH is 2. The average molecular weight is 760 g/mol. The lowest BCUT2D eigenvalue weighted by molar-refractivity contribution is -0.123. The van der Waals surface area contributed by atoms with Gasteiger partial charge in [-0.25, -0.2) is 0 Å². The zero-order valence-electron chi connectivity index (χ0n) is 35.6. The van der Waals surface area contributed by atoms with Crippen molar-refractivity contribution in [3.63, 3.8) is 0 Å². The molecule has 0 aliphatic heterocycles. The van der Waals surface area contributed by atoms with E-state index in [1.54, 1.807) is 6.08 Å². The number of amides is 1. The second-order valence-electron chi connectivity index (χ2n) is 14.7. The first-order valence-electron chi connectivity index (χ1n) is 22.6. The molecular weight excluding hydrogens is 675 g/mol. The molecule has 0 heterocycles. The number of nitrogens with one attached hydrogen (secondary N) is 1. The van der Waals surface area contributed by atoms with E-state index in [4.69, 9.17) is 0 Å². The van der Waals surface area contributed by atoms with Crippen LogP contribution in [-0.4, -0.2) is 34.9 Å². The molecule has 2 atom stereocenters. The van der Waals surface area contributed by atoms with E-state index in [1.165, 1.54) is 89.9 Å². The van der Waals surface area contributed by atoms with Gasteiger partial charge < -0.3 is 15.5 Å². The van der Waals surface area contributed by atoms with E-state index in [9.17, 15) is 15.0 Å². The Balaban J connectivity index is 3.59. The van der Waals surface area contributed by atoms with Crippen molar-refractivity contribution in [3.8, 4) is 0 Å². The fourth-order valence-electron chi connectivity index (χ4n) is 6.07. The molecule has 0 aliphatic rings. The van der Waals surface area contributed by atoms with Gasteiger partial charge in [0.25, 0.3) is 0 Å². The van der Waals surface area contributed by atoms with Crippen molar-refractivity contribution in [3.05, 3.63) is 109 Å². The summed E-state index contributed by atoms with van der Waals surface area (Å²) in [5.74, 6) is -0.0782. The zero-order valence-corrected chi connectivity index (χ0v) is 35.6. The quantitative estimate of drug-likeness (QED) is 0.0432. The number of allylic oxidation sites excluding steroid dienone is 17. The highest BCUT2D eigenvalue weighted by atomic mass is 16.3. The zero-order chi connectivity index (χ0) is 40.0. The van der Waals surface area contributed by atoms with Gasteiger partial charge in [-0.15, -0.1) is 0 Å². The summed E-state index contributed by atoms with van der Waals surface area (Å²) in [6.45, 7) is 4.13. The maximum Gasteiger partial charge on any atom is 0.220 e. The van der Waals surface area contributed by atoms with Crippen LogP contribution in [0.15, 0.2) is 109 Å². The van der Waals surface area contributed by atoms with Gasteiger partial charge in [-0.3, -0.25) is 4.79 Å². The summed E-state index contributed by atoms with van der Waals surface area (Å²) < 4.78 is 0. The molecule has 0 aromatic heterocycles. The van der Waals surface area contributed by atoms with Crippen LogP contribution in [0, 0.1) is 0 Å². The van der Waals surface area contributed by atoms with E-state index >= 15 is 0 Å². The summed E-state index contributed by atoms with van der Waals surface area (Å²) >= 11 is 0. The molecule has 0 fully saturated rings. The molecule has 4 nitrogen and oxygen atoms in total. The molecule has 0 spiro atoms. The molecule has 1 amide bonds. The standard InChI is InChI=1S/C51H85NO3/c1-3-5-7-9-11-13-14-15-16-17-18-19-20-21-22-23-24-25-26-27-28-29-30-31-32-33-34-35-36-37-38-39-41-43-45-47-51(55)52-49(48-53)50(54)46-44-42-40-12-10-8-6-4-2/h5,7,11,13,15-16,18-19,21-22,24-25,27-28,30-31,44,46,49-50,53-54H,3-4,6,8-10,12,14,17,20,23,26,29,32-43,45,47-48H2,1-2H3,(H,52,55)/b7-5-,13-11-,16-15-,19-18-,22-21-,25-24-,28-27-,31-30-,46-44+. The van der Waals surface area contributed by atoms with Crippen LogP contribution < -0.4 is 5.32 Å². The second kappa shape index (κ2) is 45.4. The smallest absolute Gasteiger partial charge is 0.220 e. The number of hydrogen-bond donors (Lipinski definition) is 3. The molecule has 0 aromatic rings. The molecule has 0 saturated carbocycles. The van der Waals surface area contributed by atoms with Crippen molar-refractivity contribution >= 4 is 5.91 Å². The maximum absolute atomic E-state index is 12.3. The van der Waals surface area contributed by atoms with E-state index in [-0.39, 0.29) is 12.5 Å². The second-order valence-corrected chi connectivity index (χ2v) is 14.7. The fraction of sp³-hybridized carbons (Fsp3) is 0.627. The van der Waals surface area contributed by atoms with E-state index in [1.807, 2.05) is 6.08 Å². The summed E-state index contributed by atoms with van der Waals surface area (Å²) in [5.41, 5.74) is 0. The van der Waals surface area contributed by atoms with Crippen LogP contribution in [-0.2, 0) is 4.79 Å². The Labute approximate surface area is 340 Å². The Bertz CT molecular complexity index is 1090. The summed E-state index contributed by atoms with van der Waals surface area (Å²) in [6, 6.07) is -0.628. The van der Waals surface area contributed by atoms with Gasteiger partial charge in [0.05, 0.1) is 18.8 Å². The van der Waals surface area contributed by atoms with Gasteiger partial charge in [0.1, 0.15) is 0 Å². The fourth-order valence-corrected chi connectivity index (χ4v) is 6.07. The largest absolute Gasteiger partial charge is 0.394 e. The number of unbranched alkanes of at least 4 members (excludes halogenated alkanes) is 16. The van der Waals surface area contributed by atoms with Crippen molar-refractivity contribution in [2.24, 2.45) is 0 Å². The predicted molar refractivity (Wildman–Crippen MR) is 243 cm³/mol. The molecule has 0 saturated heterocycles. The molecule has 0 radical (unpaired) electrons. The van der Waals surface area contributed by atoms with Crippen LogP contribution in [0.5, 0.6) is 0 Å². The number of aliphatic hydroxyl groups is 2. The summed E-state index contributed by atoms with van der Waals surface area (Å²) in [4.78, 5) is 12.3. The lowest BCUT2D eigenvalue weighted by Crippen LogP contribution is -2.45. The highest BCUT2D eigenvalue weighted by Crippen LogP contribution is 2.13. The first-order valence-corrected chi connectivity index (χ1v) is 22.6. The lowest BCUT2D eigenvalue weighted by atomic mass is 10.0. The lowest BCUT2D eigenvalue weighted by Gasteiger charge is -2.20. The SMILES string of the molecule is CC/C=C\C/C=C\C/C=C\C/C=C\C/C=C\C/C=C\C/C=C\C/C=C\CCCCCCCCCCCCC(=O)NC(CO)C(O)/C=C/CCCCCCCC. The van der Waals surface area contributed by atoms with Gasteiger partial charge in [-0.1, -0.05) is 207 Å². The Kier molecular flexibility index (Phi) is 43.0. The minimum atomic E-state index is -0.844. The first-order chi connectivity index (χ1) is 27.2. The Morgan fingerprint density at radius 3 is 1.20 bits per heavy atom. The summed E-state index contributed by atoms with van der Waals surface area (Å²) in [5, 5.41) is 22.8. The van der Waals surface area contributed by atoms with Gasteiger partial charge >= 0.3 is 0 Å². The number of carbonyl (C=O) groups excluding carboxylic acids is 1. The molecule has 312 valence electrons. The third kappa shape index (κ3) is 42.0. The molecular formula is C51H85NO3. The van der Waals surface area contributed by atoms with Crippen LogP contribution in [0.3, 0.4) is 0 Å². The van der Waals surface area contributed by atoms with Crippen molar-refractivity contribution in [1.82, 2.24) is 5.32 Å². The summed E-state index contributed by atoms with van der Waals surface area (Å²) in [6.07, 6.45) is 69.3. The molecule has 2 unspecified atom stereocenters. The van der Waals surface area contributed by atoms with Gasteiger partial charge in [-0.05, 0) is 83.5 Å². The first kappa shape index (κ1) is 52.0. The molecule has 4 heteroatoms. The Morgan fingerprint density at radius 1 is 0.455 bits per heavy atom. The van der Waals surface area contributed by atoms with Gasteiger partial charge in [0.15, 0.2) is 0 Å². The van der Waals surface area contributed by atoms with Crippen LogP contribution >= 0.6 is 0 Å². The predicted octanol–water partition coefficient (Wildman–Crippen LogP) is 14.4. The minimum absolute atomic E-state index is 0.0782. The summed E-state index contributed by atoms with van der Waals surface area (Å²) in [7, 11) is 0. The van der Waals surface area contributed by atoms with Crippen molar-refractivity contribution in [1.29, 1.82) is 0 Å². The van der Waals surface area contributed by atoms with Gasteiger partial charge in [-0.2, -0.15) is 0 Å². The number of rotatable bonds is 39. The highest BCUT2D eigenvalue weighted by Gasteiger charge is 2.17. The van der Waals surface area contributed by atoms with E-state index < -0.39 is 12.1 Å². The van der Waals surface area contributed by atoms with Crippen molar-refractivity contribution in [2.75, 3.05) is 6.61 Å². The van der Waals surface area contributed by atoms with Crippen molar-refractivity contribution < 1.29 is 15.0 Å². The molecule has 0 aromatic carbocycles. The molecule has 55 heavy (non-hydrogen) atoms. The number of carbonyl (C=O) groups is 1. The van der Waals surface area contributed by atoms with Crippen LogP contribution in [0.1, 0.15) is 187 Å². The van der Waals surface area contributed by atoms with Crippen molar-refractivity contribution in [2.45, 2.75) is 199 Å². The van der Waals surface area contributed by atoms with Gasteiger partial charge in [0, 0.05) is 6.42 Å². The number of hydrogen-bond acceptors (Lipinski definition) is 3. The normalized spacial score (nSPS) is 14.0. The monoisotopic (exact) mass is 760 g/mol. The van der Waals surface area contributed by atoms with E-state index in [2.05, 4.69) is 116 Å². The molecule has 0 rings (SSSR count). The van der Waals surface area contributed by atoms with Gasteiger partial charge in [0.2, 0.25) is 5.91 Å². The molecule has 3 N–H and O–H groups in total. The highest BCUT2D eigenvalue weighted by molar-refractivity contribution is 5.76. The molecule has 0 aliphatic carbocycles. The van der Waals surface area contributed by atoms with Crippen LogP contribution in [0.4, 0.5) is 0 Å². The minimum Gasteiger partial charge on any atom is -0.394 e.